The highest BCUT2D eigenvalue weighted by Gasteiger charge is 2.57. The molecule has 1 heterocycles. The second-order valence-electron chi connectivity index (χ2n) is 11.0. The fraction of sp³-hybridized carbons (Fsp3) is 0.500. The number of aliphatic hydroxyl groups is 2. The number of rotatable bonds is 6. The molecule has 2 N–H and O–H groups in total. The third-order valence-electron chi connectivity index (χ3n) is 8.88. The van der Waals surface area contributed by atoms with Crippen LogP contribution >= 0.6 is 11.6 Å². The number of aliphatic hydroxyl groups excluding tert-OH is 2. The first-order chi connectivity index (χ1) is 17.1. The number of fused-ring (bicyclic) bond motifs is 1. The molecule has 36 heavy (non-hydrogen) atoms. The predicted octanol–water partition coefficient (Wildman–Crippen LogP) is 5.87. The Kier molecular flexibility index (Phi) is 7.84. The first-order valence-corrected chi connectivity index (χ1v) is 13.1. The third-order valence-corrected chi connectivity index (χ3v) is 9.14. The van der Waals surface area contributed by atoms with Crippen molar-refractivity contribution in [1.82, 2.24) is 0 Å². The van der Waals surface area contributed by atoms with E-state index in [1.807, 2.05) is 19.1 Å². The Morgan fingerprint density at radius 1 is 1.25 bits per heavy atom. The summed E-state index contributed by atoms with van der Waals surface area (Å²) in [5.74, 6) is 0.462. The van der Waals surface area contributed by atoms with Crippen LogP contribution in [0.4, 0.5) is 0 Å². The predicted molar refractivity (Wildman–Crippen MR) is 142 cm³/mol. The molecule has 5 nitrogen and oxygen atoms in total. The Labute approximate surface area is 219 Å². The van der Waals surface area contributed by atoms with Gasteiger partial charge in [-0.25, -0.2) is 4.79 Å². The van der Waals surface area contributed by atoms with Crippen LogP contribution in [-0.2, 0) is 14.3 Å². The van der Waals surface area contributed by atoms with Crippen LogP contribution < -0.4 is 0 Å². The Hall–Kier alpha value is -2.34. The van der Waals surface area contributed by atoms with Gasteiger partial charge in [0.1, 0.15) is 12.4 Å². The largest absolute Gasteiger partial charge is 0.490 e. The van der Waals surface area contributed by atoms with E-state index in [0.29, 0.717) is 17.2 Å². The molecule has 0 radical (unpaired) electrons. The van der Waals surface area contributed by atoms with Crippen LogP contribution in [0, 0.1) is 22.7 Å². The lowest BCUT2D eigenvalue weighted by atomic mass is 9.46. The molecule has 6 heteroatoms. The molecule has 1 saturated heterocycles. The zero-order valence-corrected chi connectivity index (χ0v) is 22.0. The van der Waals surface area contributed by atoms with Crippen molar-refractivity contribution >= 4 is 23.6 Å². The van der Waals surface area contributed by atoms with Gasteiger partial charge in [0, 0.05) is 22.1 Å². The van der Waals surface area contributed by atoms with Crippen molar-refractivity contribution < 1.29 is 24.5 Å². The van der Waals surface area contributed by atoms with Gasteiger partial charge >= 0.3 is 5.97 Å². The van der Waals surface area contributed by atoms with E-state index in [1.165, 1.54) is 11.6 Å². The normalized spacial score (nSPS) is 35.6. The number of hydrogen-bond donors (Lipinski definition) is 2. The van der Waals surface area contributed by atoms with Crippen LogP contribution in [-0.4, -0.2) is 41.6 Å². The van der Waals surface area contributed by atoms with E-state index < -0.39 is 23.6 Å². The van der Waals surface area contributed by atoms with E-state index in [9.17, 15) is 15.0 Å². The van der Waals surface area contributed by atoms with Crippen LogP contribution in [0.2, 0.25) is 5.02 Å². The van der Waals surface area contributed by atoms with Gasteiger partial charge < -0.3 is 19.7 Å². The maximum absolute atomic E-state index is 12.5. The molecule has 0 bridgehead atoms. The van der Waals surface area contributed by atoms with E-state index in [2.05, 4.69) is 26.2 Å². The fourth-order valence-corrected chi connectivity index (χ4v) is 6.80. The number of esters is 1. The zero-order valence-electron chi connectivity index (χ0n) is 21.2. The van der Waals surface area contributed by atoms with Gasteiger partial charge in [-0.1, -0.05) is 62.4 Å². The third kappa shape index (κ3) is 5.06. The number of ether oxygens (including phenoxy) is 2. The molecule has 3 aliphatic rings. The van der Waals surface area contributed by atoms with Crippen molar-refractivity contribution in [1.29, 1.82) is 0 Å². The number of carbonyl (C=O) groups is 1. The van der Waals surface area contributed by atoms with Crippen molar-refractivity contribution in [2.45, 2.75) is 58.2 Å². The number of hydrogen-bond acceptors (Lipinski definition) is 5. The molecule has 6 atom stereocenters. The van der Waals surface area contributed by atoms with Crippen molar-refractivity contribution in [2.75, 3.05) is 13.2 Å². The van der Waals surface area contributed by atoms with Crippen molar-refractivity contribution in [3.05, 3.63) is 77.1 Å². The summed E-state index contributed by atoms with van der Waals surface area (Å²) in [5.41, 5.74) is 2.24. The summed E-state index contributed by atoms with van der Waals surface area (Å²) < 4.78 is 11.4. The minimum atomic E-state index is -0.520. The maximum atomic E-state index is 12.5. The Morgan fingerprint density at radius 2 is 1.97 bits per heavy atom. The molecule has 3 unspecified atom stereocenters. The summed E-state index contributed by atoms with van der Waals surface area (Å²) in [5, 5.41) is 21.6. The molecule has 1 aromatic rings. The molecule has 2 saturated carbocycles. The van der Waals surface area contributed by atoms with Gasteiger partial charge in [-0.15, -0.1) is 0 Å². The first-order valence-electron chi connectivity index (χ1n) is 12.7. The Bertz CT molecular complexity index is 1070. The van der Waals surface area contributed by atoms with Gasteiger partial charge in [-0.3, -0.25) is 0 Å². The summed E-state index contributed by atoms with van der Waals surface area (Å²) >= 11 is 5.91. The van der Waals surface area contributed by atoms with Gasteiger partial charge in [0.25, 0.3) is 0 Å². The van der Waals surface area contributed by atoms with E-state index in [0.717, 1.165) is 36.8 Å². The van der Waals surface area contributed by atoms with Crippen molar-refractivity contribution in [3.63, 3.8) is 0 Å². The molecular weight excluding hydrogens is 476 g/mol. The Balaban J connectivity index is 1.48. The van der Waals surface area contributed by atoms with Gasteiger partial charge in [0.2, 0.25) is 0 Å². The molecule has 2 aliphatic carbocycles. The van der Waals surface area contributed by atoms with Gasteiger partial charge in [-0.2, -0.15) is 0 Å². The number of benzene rings is 1. The molecule has 1 aliphatic heterocycles. The summed E-state index contributed by atoms with van der Waals surface area (Å²) in [6.45, 7) is 12.9. The second kappa shape index (κ2) is 10.6. The van der Waals surface area contributed by atoms with E-state index in [1.54, 1.807) is 18.2 Å². The molecule has 0 amide bonds. The van der Waals surface area contributed by atoms with Crippen LogP contribution in [0.5, 0.6) is 0 Å². The van der Waals surface area contributed by atoms with Gasteiger partial charge in [0.15, 0.2) is 6.10 Å². The van der Waals surface area contributed by atoms with E-state index >= 15 is 0 Å². The molecule has 0 spiro atoms. The van der Waals surface area contributed by atoms with E-state index in [-0.39, 0.29) is 30.5 Å². The summed E-state index contributed by atoms with van der Waals surface area (Å²) in [6.07, 6.45) is 8.22. The highest BCUT2D eigenvalue weighted by atomic mass is 35.5. The lowest BCUT2D eigenvalue weighted by molar-refractivity contribution is -0.151. The van der Waals surface area contributed by atoms with Crippen molar-refractivity contribution in [2.24, 2.45) is 22.7 Å². The van der Waals surface area contributed by atoms with Crippen LogP contribution in [0.3, 0.4) is 0 Å². The standard InChI is InChI=1S/C30H37ClO5/c1-19-5-13-26-29(3,16-15-27(33)30(26,4)18-32)24(19)12-11-23-20(2)35-17-25(23)36-28(34)14-8-21-6-9-22(31)10-7-21/h6-11,14,24-27,32-33H,1-2,5,12-13,15-18H2,3-4H3/b14-8+,23-11-/t24?,25?,26?,27-,29+,30+/m1/s1. The minimum Gasteiger partial charge on any atom is -0.490 e. The fourth-order valence-electron chi connectivity index (χ4n) is 6.67. The molecule has 4 rings (SSSR count). The molecule has 194 valence electrons. The quantitative estimate of drug-likeness (QED) is 0.283. The zero-order chi connectivity index (χ0) is 26.1. The highest BCUT2D eigenvalue weighted by Crippen LogP contribution is 2.61. The van der Waals surface area contributed by atoms with Crippen LogP contribution in [0.15, 0.2) is 66.5 Å². The summed E-state index contributed by atoms with van der Waals surface area (Å²) in [6, 6.07) is 7.19. The van der Waals surface area contributed by atoms with Crippen molar-refractivity contribution in [3.8, 4) is 0 Å². The SMILES string of the molecule is C=C1OCC(OC(=O)/C=C/c2ccc(Cl)cc2)/C1=C\CC1C(=C)CCC2[C@@]1(C)CC[C@@H](O)[C@@]2(C)CO. The maximum Gasteiger partial charge on any atom is 0.331 e. The van der Waals surface area contributed by atoms with Gasteiger partial charge in [-0.05, 0) is 73.1 Å². The topological polar surface area (TPSA) is 76.0 Å². The average molecular weight is 513 g/mol. The highest BCUT2D eigenvalue weighted by molar-refractivity contribution is 6.30. The van der Waals surface area contributed by atoms with Gasteiger partial charge in [0.05, 0.1) is 12.7 Å². The molecule has 1 aromatic carbocycles. The monoisotopic (exact) mass is 512 g/mol. The molecule has 3 fully saturated rings. The summed E-state index contributed by atoms with van der Waals surface area (Å²) in [7, 11) is 0. The smallest absolute Gasteiger partial charge is 0.331 e. The number of allylic oxidation sites excluding steroid dienone is 2. The number of carbonyl (C=O) groups excluding carboxylic acids is 1. The lowest BCUT2D eigenvalue weighted by Gasteiger charge is -2.59. The first kappa shape index (κ1) is 26.7. The Morgan fingerprint density at radius 3 is 2.67 bits per heavy atom. The minimum absolute atomic E-state index is 0.0269. The van der Waals surface area contributed by atoms with Crippen LogP contribution in [0.1, 0.15) is 51.5 Å². The summed E-state index contributed by atoms with van der Waals surface area (Å²) in [4.78, 5) is 12.5. The van der Waals surface area contributed by atoms with E-state index in [4.69, 9.17) is 21.1 Å². The molecular formula is C30H37ClO5. The lowest BCUT2D eigenvalue weighted by Crippen LogP contribution is -2.57. The number of halogens is 1. The molecule has 0 aromatic heterocycles. The van der Waals surface area contributed by atoms with Crippen LogP contribution in [0.25, 0.3) is 6.08 Å². The second-order valence-corrected chi connectivity index (χ2v) is 11.4. The average Bonchev–Trinajstić information content (AvgIpc) is 3.19.